The molecule has 0 saturated carbocycles. The van der Waals surface area contributed by atoms with Crippen LogP contribution in [0.1, 0.15) is 6.92 Å². The summed E-state index contributed by atoms with van der Waals surface area (Å²) in [5.74, 6) is 0. The molecule has 2 saturated heterocycles. The van der Waals surface area contributed by atoms with E-state index >= 15 is 0 Å². The molecular formula is C11H25NO5. The van der Waals surface area contributed by atoms with Gasteiger partial charge in [0.1, 0.15) is 0 Å². The second-order valence-electron chi connectivity index (χ2n) is 3.77. The normalized spacial score (nSPS) is 19.9. The maximum atomic E-state index is 8.48. The van der Waals surface area contributed by atoms with E-state index in [-0.39, 0.29) is 19.8 Å². The van der Waals surface area contributed by atoms with Crippen LogP contribution in [0, 0.1) is 0 Å². The van der Waals surface area contributed by atoms with Crippen molar-refractivity contribution in [3.8, 4) is 0 Å². The van der Waals surface area contributed by atoms with E-state index in [2.05, 4.69) is 11.7 Å². The molecule has 2 aliphatic rings. The Morgan fingerprint density at radius 3 is 1.41 bits per heavy atom. The zero-order valence-corrected chi connectivity index (χ0v) is 10.5. The number of aliphatic hydroxyl groups is 3. The first kappa shape index (κ1) is 16.8. The molecule has 0 amide bonds. The molecule has 2 rings (SSSR count). The lowest BCUT2D eigenvalue weighted by Crippen LogP contribution is -2.32. The van der Waals surface area contributed by atoms with E-state index in [9.17, 15) is 0 Å². The lowest BCUT2D eigenvalue weighted by atomic mass is 10.4. The van der Waals surface area contributed by atoms with Crippen molar-refractivity contribution in [1.82, 2.24) is 4.90 Å². The van der Waals surface area contributed by atoms with Crippen LogP contribution in [0.15, 0.2) is 0 Å². The fourth-order valence-corrected chi connectivity index (χ4v) is 0.856. The van der Waals surface area contributed by atoms with E-state index in [0.717, 1.165) is 19.8 Å². The minimum Gasteiger partial charge on any atom is -0.395 e. The van der Waals surface area contributed by atoms with E-state index in [1.165, 1.54) is 0 Å². The second kappa shape index (κ2) is 12.2. The van der Waals surface area contributed by atoms with Crippen LogP contribution in [0.25, 0.3) is 0 Å². The molecule has 0 aromatic rings. The quantitative estimate of drug-likeness (QED) is 0.508. The summed E-state index contributed by atoms with van der Waals surface area (Å²) in [6.07, 6.45) is 0.583. The maximum Gasteiger partial charge on any atom is 0.0781 e. The first-order valence-electron chi connectivity index (χ1n) is 5.98. The summed E-state index contributed by atoms with van der Waals surface area (Å²) in [7, 11) is 0. The minimum atomic E-state index is 0.0694. The molecule has 2 heterocycles. The molecular weight excluding hydrogens is 226 g/mol. The summed E-state index contributed by atoms with van der Waals surface area (Å²) in [5, 5.41) is 25.5. The standard InChI is InChI=1S/C6H15NO3.C3H6O.C2H4O/c8-4-1-7(2-5-9)3-6-10;1-3-2-4-3;1-2-3-1/h8-10H,1-6H2;3H,2H2,1H3;1-2H2. The highest BCUT2D eigenvalue weighted by atomic mass is 16.6. The number of ether oxygens (including phenoxy) is 2. The van der Waals surface area contributed by atoms with Crippen molar-refractivity contribution in [1.29, 1.82) is 0 Å². The highest BCUT2D eigenvalue weighted by molar-refractivity contribution is 4.58. The van der Waals surface area contributed by atoms with Gasteiger partial charge in [-0.1, -0.05) is 0 Å². The molecule has 2 fully saturated rings. The van der Waals surface area contributed by atoms with E-state index in [4.69, 9.17) is 20.1 Å². The van der Waals surface area contributed by atoms with Crippen molar-refractivity contribution in [3.63, 3.8) is 0 Å². The van der Waals surface area contributed by atoms with Gasteiger partial charge < -0.3 is 24.8 Å². The van der Waals surface area contributed by atoms with Gasteiger partial charge in [0.25, 0.3) is 0 Å². The SMILES string of the molecule is C1CO1.CC1CO1.OCCN(CCO)CCO. The van der Waals surface area contributed by atoms with Gasteiger partial charge in [-0.15, -0.1) is 0 Å². The molecule has 104 valence electrons. The molecule has 1 unspecified atom stereocenters. The Kier molecular flexibility index (Phi) is 12.1. The molecule has 6 heteroatoms. The smallest absolute Gasteiger partial charge is 0.0781 e. The molecule has 0 bridgehead atoms. The molecule has 0 aromatic carbocycles. The third-order valence-electron chi connectivity index (χ3n) is 1.95. The summed E-state index contributed by atoms with van der Waals surface area (Å²) in [5.41, 5.74) is 0. The van der Waals surface area contributed by atoms with Crippen molar-refractivity contribution in [2.45, 2.75) is 13.0 Å². The van der Waals surface area contributed by atoms with Gasteiger partial charge in [-0.3, -0.25) is 4.90 Å². The van der Waals surface area contributed by atoms with Crippen molar-refractivity contribution >= 4 is 0 Å². The Bertz CT molecular complexity index is 136. The summed E-state index contributed by atoms with van der Waals surface area (Å²) < 4.78 is 9.21. The zero-order chi connectivity index (χ0) is 12.9. The van der Waals surface area contributed by atoms with Crippen LogP contribution in [-0.4, -0.2) is 85.6 Å². The lowest BCUT2D eigenvalue weighted by Gasteiger charge is -2.17. The number of rotatable bonds is 6. The van der Waals surface area contributed by atoms with E-state index in [1.807, 2.05) is 0 Å². The predicted molar refractivity (Wildman–Crippen MR) is 63.9 cm³/mol. The average molecular weight is 251 g/mol. The minimum absolute atomic E-state index is 0.0694. The third-order valence-corrected chi connectivity index (χ3v) is 1.95. The highest BCUT2D eigenvalue weighted by Gasteiger charge is 2.13. The summed E-state index contributed by atoms with van der Waals surface area (Å²) in [6, 6.07) is 0. The van der Waals surface area contributed by atoms with E-state index in [1.54, 1.807) is 4.90 Å². The van der Waals surface area contributed by atoms with Gasteiger partial charge in [-0.2, -0.15) is 0 Å². The summed E-state index contributed by atoms with van der Waals surface area (Å²) in [4.78, 5) is 1.79. The van der Waals surface area contributed by atoms with Gasteiger partial charge in [0.15, 0.2) is 0 Å². The molecule has 17 heavy (non-hydrogen) atoms. The van der Waals surface area contributed by atoms with Crippen LogP contribution in [0.4, 0.5) is 0 Å². The number of nitrogens with zero attached hydrogens (tertiary/aromatic N) is 1. The van der Waals surface area contributed by atoms with Crippen LogP contribution in [-0.2, 0) is 9.47 Å². The average Bonchev–Trinajstić information content (AvgIpc) is 3.15. The number of epoxide rings is 2. The monoisotopic (exact) mass is 251 g/mol. The fourth-order valence-electron chi connectivity index (χ4n) is 0.856. The molecule has 3 N–H and O–H groups in total. The van der Waals surface area contributed by atoms with E-state index < -0.39 is 0 Å². The maximum absolute atomic E-state index is 8.48. The topological polar surface area (TPSA) is 89.0 Å². The Hall–Kier alpha value is -0.240. The Morgan fingerprint density at radius 1 is 1.00 bits per heavy atom. The van der Waals surface area contributed by atoms with Crippen molar-refractivity contribution in [2.75, 3.05) is 59.3 Å². The van der Waals surface area contributed by atoms with Gasteiger partial charge >= 0.3 is 0 Å². The fraction of sp³-hybridized carbons (Fsp3) is 1.00. The van der Waals surface area contributed by atoms with Gasteiger partial charge in [-0.25, -0.2) is 0 Å². The van der Waals surface area contributed by atoms with Gasteiger partial charge in [0.2, 0.25) is 0 Å². The molecule has 0 spiro atoms. The molecule has 0 aromatic heterocycles. The largest absolute Gasteiger partial charge is 0.395 e. The van der Waals surface area contributed by atoms with Crippen molar-refractivity contribution in [3.05, 3.63) is 0 Å². The number of hydrogen-bond donors (Lipinski definition) is 3. The molecule has 0 aliphatic carbocycles. The number of hydrogen-bond acceptors (Lipinski definition) is 6. The Labute approximate surface area is 103 Å². The van der Waals surface area contributed by atoms with Gasteiger partial charge in [-0.05, 0) is 6.92 Å². The van der Waals surface area contributed by atoms with Crippen LogP contribution >= 0.6 is 0 Å². The first-order chi connectivity index (χ1) is 8.24. The molecule has 6 nitrogen and oxygen atoms in total. The summed E-state index contributed by atoms with van der Waals surface area (Å²) in [6.45, 7) is 6.80. The predicted octanol–water partition coefficient (Wildman–Crippen LogP) is -1.31. The summed E-state index contributed by atoms with van der Waals surface area (Å²) >= 11 is 0. The zero-order valence-electron chi connectivity index (χ0n) is 10.5. The van der Waals surface area contributed by atoms with Gasteiger partial charge in [0.05, 0.1) is 45.7 Å². The highest BCUT2D eigenvalue weighted by Crippen LogP contribution is 2.04. The van der Waals surface area contributed by atoms with E-state index in [0.29, 0.717) is 25.7 Å². The van der Waals surface area contributed by atoms with Gasteiger partial charge in [0, 0.05) is 19.6 Å². The lowest BCUT2D eigenvalue weighted by molar-refractivity contribution is 0.136. The molecule has 1 atom stereocenters. The van der Waals surface area contributed by atoms with Crippen molar-refractivity contribution < 1.29 is 24.8 Å². The first-order valence-corrected chi connectivity index (χ1v) is 5.98. The van der Waals surface area contributed by atoms with Crippen molar-refractivity contribution in [2.24, 2.45) is 0 Å². The number of aliphatic hydroxyl groups excluding tert-OH is 3. The second-order valence-corrected chi connectivity index (χ2v) is 3.77. The molecule has 0 radical (unpaired) electrons. The molecule has 2 aliphatic heterocycles. The van der Waals surface area contributed by atoms with Crippen LogP contribution in [0.2, 0.25) is 0 Å². The van der Waals surface area contributed by atoms with Crippen LogP contribution < -0.4 is 0 Å². The Morgan fingerprint density at radius 2 is 1.29 bits per heavy atom. The van der Waals surface area contributed by atoms with Crippen LogP contribution in [0.3, 0.4) is 0 Å². The van der Waals surface area contributed by atoms with Crippen LogP contribution in [0.5, 0.6) is 0 Å². The third kappa shape index (κ3) is 18.3. The Balaban J connectivity index is 0.000000289.